The molecule has 3 aromatic rings. The molecule has 0 aliphatic carbocycles. The van der Waals surface area contributed by atoms with Crippen molar-refractivity contribution in [2.45, 2.75) is 32.4 Å². The van der Waals surface area contributed by atoms with Gasteiger partial charge in [0.1, 0.15) is 5.60 Å². The van der Waals surface area contributed by atoms with Crippen LogP contribution in [0.3, 0.4) is 0 Å². The molecule has 2 N–H and O–H groups in total. The number of hydrogen-bond acceptors (Lipinski definition) is 3. The van der Waals surface area contributed by atoms with E-state index in [4.69, 9.17) is 4.74 Å². The molecule has 0 saturated heterocycles. The van der Waals surface area contributed by atoms with Crippen molar-refractivity contribution >= 4 is 39.1 Å². The van der Waals surface area contributed by atoms with Crippen LogP contribution in [0, 0.1) is 5.21 Å². The maximum absolute atomic E-state index is 13.1. The van der Waals surface area contributed by atoms with Crippen molar-refractivity contribution in [1.82, 2.24) is 10.3 Å². The van der Waals surface area contributed by atoms with Crippen LogP contribution in [0.15, 0.2) is 59.2 Å². The fraction of sp³-hybridized carbons (Fsp3) is 0.273. The van der Waals surface area contributed by atoms with Crippen LogP contribution in [0.5, 0.6) is 0 Å². The normalized spacial score (nSPS) is 13.3. The van der Waals surface area contributed by atoms with E-state index in [1.54, 1.807) is 27.0 Å². The molecule has 1 heterocycles. The van der Waals surface area contributed by atoms with Crippen LogP contribution in [0.1, 0.15) is 37.9 Å². The van der Waals surface area contributed by atoms with E-state index < -0.39 is 17.7 Å². The molecule has 0 spiro atoms. The van der Waals surface area contributed by atoms with Gasteiger partial charge in [0, 0.05) is 32.7 Å². The van der Waals surface area contributed by atoms with Gasteiger partial charge in [-0.15, -0.1) is 0 Å². The molecule has 6 nitrogen and oxygen atoms in total. The van der Waals surface area contributed by atoms with Crippen LogP contribution in [-0.4, -0.2) is 34.2 Å². The minimum Gasteiger partial charge on any atom is -0.623 e. The molecular weight excluding hydrogens is 434 g/mol. The summed E-state index contributed by atoms with van der Waals surface area (Å²) in [6, 6.07) is 14.5. The van der Waals surface area contributed by atoms with Gasteiger partial charge in [-0.3, -0.25) is 0 Å². The van der Waals surface area contributed by atoms with Crippen LogP contribution in [0.2, 0.25) is 0 Å². The number of fused-ring (bicyclic) bond motifs is 1. The number of ether oxygens (including phenoxy) is 1. The van der Waals surface area contributed by atoms with Gasteiger partial charge in [0.25, 0.3) is 0 Å². The molecule has 1 atom stereocenters. The standard InChI is InChI=1S/C22H24BrN3O3/c1-22(2,3)29-21(27)25-13-19(26(28)14-15-8-5-4-6-9-15)16-12-24-18-11-7-10-17(23)20(16)18/h4-12,14,19,24H,13H2,1-3H3,(H,25,27)/b26-14+. The second kappa shape index (κ2) is 8.69. The van der Waals surface area contributed by atoms with Gasteiger partial charge in [-0.1, -0.05) is 40.2 Å². The van der Waals surface area contributed by atoms with Crippen LogP contribution in [0.25, 0.3) is 10.9 Å². The van der Waals surface area contributed by atoms with Crippen molar-refractivity contribution < 1.29 is 14.3 Å². The molecule has 29 heavy (non-hydrogen) atoms. The number of halogens is 1. The molecule has 1 amide bonds. The number of nitrogens with one attached hydrogen (secondary N) is 2. The number of hydrogen-bond donors (Lipinski definition) is 2. The van der Waals surface area contributed by atoms with E-state index in [0.29, 0.717) is 0 Å². The largest absolute Gasteiger partial charge is 0.623 e. The second-order valence-corrected chi connectivity index (χ2v) is 8.56. The Balaban J connectivity index is 1.95. The number of benzene rings is 2. The highest BCUT2D eigenvalue weighted by molar-refractivity contribution is 9.10. The zero-order valence-corrected chi connectivity index (χ0v) is 18.2. The Bertz CT molecular complexity index is 1020. The van der Waals surface area contributed by atoms with E-state index >= 15 is 0 Å². The van der Waals surface area contributed by atoms with Gasteiger partial charge in [-0.05, 0) is 45.0 Å². The highest BCUT2D eigenvalue weighted by atomic mass is 79.9. The number of nitrogens with zero attached hydrogens (tertiary/aromatic N) is 1. The molecule has 0 aliphatic heterocycles. The number of amides is 1. The van der Waals surface area contributed by atoms with E-state index in [0.717, 1.165) is 31.2 Å². The molecule has 0 aliphatic rings. The molecule has 0 bridgehead atoms. The van der Waals surface area contributed by atoms with Gasteiger partial charge in [0.2, 0.25) is 6.04 Å². The topological polar surface area (TPSA) is 80.2 Å². The average molecular weight is 458 g/mol. The van der Waals surface area contributed by atoms with E-state index in [9.17, 15) is 10.0 Å². The van der Waals surface area contributed by atoms with Crippen LogP contribution in [-0.2, 0) is 4.74 Å². The highest BCUT2D eigenvalue weighted by Crippen LogP contribution is 2.32. The number of carbonyl (C=O) groups excluding carboxylic acids is 1. The number of alkyl carbamates (subject to hydrolysis) is 1. The summed E-state index contributed by atoms with van der Waals surface area (Å²) in [6.07, 6.45) is 2.77. The van der Waals surface area contributed by atoms with Crippen LogP contribution in [0.4, 0.5) is 4.79 Å². The number of carbonyl (C=O) groups is 1. The minimum atomic E-state index is -0.643. The van der Waals surface area contributed by atoms with E-state index in [-0.39, 0.29) is 6.54 Å². The number of aromatic amines is 1. The quantitative estimate of drug-likeness (QED) is 0.241. The Hall–Kier alpha value is -2.80. The van der Waals surface area contributed by atoms with Crippen molar-refractivity contribution in [1.29, 1.82) is 0 Å². The molecule has 3 rings (SSSR count). The molecule has 0 radical (unpaired) electrons. The fourth-order valence-corrected chi connectivity index (χ4v) is 3.63. The van der Waals surface area contributed by atoms with Gasteiger partial charge < -0.3 is 20.2 Å². The van der Waals surface area contributed by atoms with Crippen molar-refractivity contribution in [3.05, 3.63) is 75.5 Å². The summed E-state index contributed by atoms with van der Waals surface area (Å²) in [5, 5.41) is 16.7. The van der Waals surface area contributed by atoms with Crippen molar-refractivity contribution in [3.63, 3.8) is 0 Å². The number of H-pyrrole nitrogens is 1. The lowest BCUT2D eigenvalue weighted by Crippen LogP contribution is -2.36. The zero-order chi connectivity index (χ0) is 21.0. The summed E-state index contributed by atoms with van der Waals surface area (Å²) in [5.74, 6) is 0. The molecule has 1 aromatic heterocycles. The maximum Gasteiger partial charge on any atom is 0.407 e. The first kappa shape index (κ1) is 20.9. The SMILES string of the molecule is CC(C)(C)OC(=O)NCC(c1c[nH]c2cccc(Br)c12)/[N+]([O-])=C\c1ccccc1. The van der Waals surface area contributed by atoms with Gasteiger partial charge in [-0.2, -0.15) is 0 Å². The van der Waals surface area contributed by atoms with Crippen molar-refractivity contribution in [2.75, 3.05) is 6.54 Å². The van der Waals surface area contributed by atoms with Gasteiger partial charge in [-0.25, -0.2) is 9.53 Å². The predicted octanol–water partition coefficient (Wildman–Crippen LogP) is 5.13. The lowest BCUT2D eigenvalue weighted by molar-refractivity contribution is -0.500. The number of rotatable bonds is 5. The number of aromatic nitrogens is 1. The smallest absolute Gasteiger partial charge is 0.407 e. The lowest BCUT2D eigenvalue weighted by Gasteiger charge is -2.22. The summed E-state index contributed by atoms with van der Waals surface area (Å²) in [6.45, 7) is 5.48. The summed E-state index contributed by atoms with van der Waals surface area (Å²) in [4.78, 5) is 15.4. The highest BCUT2D eigenvalue weighted by Gasteiger charge is 2.26. The predicted molar refractivity (Wildman–Crippen MR) is 118 cm³/mol. The van der Waals surface area contributed by atoms with E-state index in [1.807, 2.05) is 48.5 Å². The Morgan fingerprint density at radius 3 is 2.66 bits per heavy atom. The van der Waals surface area contributed by atoms with Gasteiger partial charge in [0.15, 0.2) is 6.21 Å². The Labute approximate surface area is 178 Å². The third-order valence-corrected chi connectivity index (χ3v) is 4.93. The lowest BCUT2D eigenvalue weighted by atomic mass is 10.1. The fourth-order valence-electron chi connectivity index (χ4n) is 3.04. The first-order valence-electron chi connectivity index (χ1n) is 9.32. The van der Waals surface area contributed by atoms with E-state index in [1.165, 1.54) is 6.21 Å². The molecule has 2 aromatic carbocycles. The average Bonchev–Trinajstić information content (AvgIpc) is 3.06. The van der Waals surface area contributed by atoms with Gasteiger partial charge >= 0.3 is 6.09 Å². The third kappa shape index (κ3) is 5.38. The summed E-state index contributed by atoms with van der Waals surface area (Å²) >= 11 is 3.57. The third-order valence-electron chi connectivity index (χ3n) is 4.27. The Kier molecular flexibility index (Phi) is 6.27. The second-order valence-electron chi connectivity index (χ2n) is 7.70. The Morgan fingerprint density at radius 1 is 1.24 bits per heavy atom. The molecular formula is C22H24BrN3O3. The number of hydroxylamine groups is 1. The molecule has 0 fully saturated rings. The summed E-state index contributed by atoms with van der Waals surface area (Å²) in [7, 11) is 0. The first-order chi connectivity index (χ1) is 13.7. The van der Waals surface area contributed by atoms with Gasteiger partial charge in [0.05, 0.1) is 6.54 Å². The molecule has 1 unspecified atom stereocenters. The van der Waals surface area contributed by atoms with E-state index in [2.05, 4.69) is 26.2 Å². The zero-order valence-electron chi connectivity index (χ0n) is 16.6. The molecule has 7 heteroatoms. The summed E-state index contributed by atoms with van der Waals surface area (Å²) in [5.41, 5.74) is 1.86. The Morgan fingerprint density at radius 2 is 1.97 bits per heavy atom. The van der Waals surface area contributed by atoms with Crippen LogP contribution < -0.4 is 5.32 Å². The minimum absolute atomic E-state index is 0.0933. The first-order valence-corrected chi connectivity index (χ1v) is 10.1. The summed E-state index contributed by atoms with van der Waals surface area (Å²) < 4.78 is 7.06. The maximum atomic E-state index is 13.1. The van der Waals surface area contributed by atoms with Crippen molar-refractivity contribution in [3.8, 4) is 0 Å². The van der Waals surface area contributed by atoms with Crippen LogP contribution >= 0.6 is 15.9 Å². The monoisotopic (exact) mass is 457 g/mol. The molecule has 152 valence electrons. The molecule has 0 saturated carbocycles. The van der Waals surface area contributed by atoms with Crippen molar-refractivity contribution in [2.24, 2.45) is 0 Å².